The number of rotatable bonds is 2. The molecule has 2 atom stereocenters. The molecule has 0 bridgehead atoms. The average Bonchev–Trinajstić information content (AvgIpc) is 2.83. The Hall–Kier alpha value is -0.490. The van der Waals surface area contributed by atoms with E-state index in [0.717, 1.165) is 19.4 Å². The number of halogens is 4. The van der Waals surface area contributed by atoms with Crippen molar-refractivity contribution in [2.45, 2.75) is 57.3 Å². The number of amides is 1. The summed E-state index contributed by atoms with van der Waals surface area (Å²) in [5, 5.41) is 3.21. The number of nitrogens with zero attached hydrogens (tertiary/aromatic N) is 1. The molecule has 118 valence electrons. The highest BCUT2D eigenvalue weighted by Crippen LogP contribution is 2.44. The second kappa shape index (κ2) is 6.10. The Morgan fingerprint density at radius 2 is 2.00 bits per heavy atom. The van der Waals surface area contributed by atoms with Crippen LogP contribution in [0.1, 0.15) is 39.5 Å². The summed E-state index contributed by atoms with van der Waals surface area (Å²) in [6.45, 7) is 4.16. The Kier molecular flexibility index (Phi) is 5.35. The standard InChI is InChI=1S/C13H21F3N2O.ClH/c1-12(2)10(13(14,15)16)5-7-18(12)11(19)8-9-4-3-6-17-9;/h9-10,17H,3-8H2,1-2H3;1H. The average molecular weight is 315 g/mol. The number of hydrogen-bond acceptors (Lipinski definition) is 2. The van der Waals surface area contributed by atoms with Crippen LogP contribution in [0, 0.1) is 5.92 Å². The van der Waals surface area contributed by atoms with E-state index >= 15 is 0 Å². The van der Waals surface area contributed by atoms with Crippen molar-refractivity contribution < 1.29 is 18.0 Å². The Morgan fingerprint density at radius 3 is 2.45 bits per heavy atom. The molecule has 0 spiro atoms. The van der Waals surface area contributed by atoms with Gasteiger partial charge in [-0.25, -0.2) is 0 Å². The van der Waals surface area contributed by atoms with Crippen LogP contribution in [0.25, 0.3) is 0 Å². The van der Waals surface area contributed by atoms with Crippen molar-refractivity contribution >= 4 is 18.3 Å². The van der Waals surface area contributed by atoms with E-state index in [2.05, 4.69) is 5.32 Å². The van der Waals surface area contributed by atoms with E-state index in [-0.39, 0.29) is 37.3 Å². The van der Waals surface area contributed by atoms with Crippen LogP contribution in [0.5, 0.6) is 0 Å². The first-order chi connectivity index (χ1) is 8.73. The van der Waals surface area contributed by atoms with Gasteiger partial charge in [-0.1, -0.05) is 0 Å². The molecule has 2 unspecified atom stereocenters. The Balaban J connectivity index is 0.00000200. The van der Waals surface area contributed by atoms with Gasteiger partial charge in [0.2, 0.25) is 5.91 Å². The summed E-state index contributed by atoms with van der Waals surface area (Å²) in [7, 11) is 0. The van der Waals surface area contributed by atoms with Crippen LogP contribution in [0.3, 0.4) is 0 Å². The number of carbonyl (C=O) groups excluding carboxylic acids is 1. The molecule has 2 aliphatic heterocycles. The van der Waals surface area contributed by atoms with E-state index < -0.39 is 17.6 Å². The second-order valence-electron chi connectivity index (χ2n) is 6.08. The molecule has 1 amide bonds. The molecule has 2 heterocycles. The molecule has 0 aromatic heterocycles. The van der Waals surface area contributed by atoms with Gasteiger partial charge in [0.05, 0.1) is 5.92 Å². The largest absolute Gasteiger partial charge is 0.394 e. The predicted molar refractivity (Wildman–Crippen MR) is 72.8 cm³/mol. The monoisotopic (exact) mass is 314 g/mol. The predicted octanol–water partition coefficient (Wildman–Crippen LogP) is 2.74. The van der Waals surface area contributed by atoms with E-state index in [1.807, 2.05) is 0 Å². The normalized spacial score (nSPS) is 29.4. The summed E-state index contributed by atoms with van der Waals surface area (Å²) < 4.78 is 38.8. The third-order valence-corrected chi connectivity index (χ3v) is 4.47. The molecule has 3 nitrogen and oxygen atoms in total. The van der Waals surface area contributed by atoms with Crippen molar-refractivity contribution in [3.63, 3.8) is 0 Å². The molecule has 20 heavy (non-hydrogen) atoms. The number of carbonyl (C=O) groups is 1. The topological polar surface area (TPSA) is 32.3 Å². The smallest absolute Gasteiger partial charge is 0.337 e. The highest BCUT2D eigenvalue weighted by molar-refractivity contribution is 5.85. The van der Waals surface area contributed by atoms with Gasteiger partial charge in [0.25, 0.3) is 0 Å². The summed E-state index contributed by atoms with van der Waals surface area (Å²) in [4.78, 5) is 13.6. The zero-order valence-corrected chi connectivity index (χ0v) is 12.6. The zero-order chi connectivity index (χ0) is 14.3. The first-order valence-corrected chi connectivity index (χ1v) is 6.83. The fraction of sp³-hybridized carbons (Fsp3) is 0.923. The minimum atomic E-state index is -4.23. The van der Waals surface area contributed by atoms with Gasteiger partial charge < -0.3 is 10.2 Å². The molecule has 2 saturated heterocycles. The van der Waals surface area contributed by atoms with Crippen molar-refractivity contribution in [3.8, 4) is 0 Å². The molecule has 0 radical (unpaired) electrons. The van der Waals surface area contributed by atoms with Crippen molar-refractivity contribution in [3.05, 3.63) is 0 Å². The quantitative estimate of drug-likeness (QED) is 0.850. The summed E-state index contributed by atoms with van der Waals surface area (Å²) in [6.07, 6.45) is -1.94. The highest BCUT2D eigenvalue weighted by atomic mass is 35.5. The molecule has 2 fully saturated rings. The van der Waals surface area contributed by atoms with Gasteiger partial charge in [0.1, 0.15) is 0 Å². The van der Waals surface area contributed by atoms with Crippen LogP contribution in [0.2, 0.25) is 0 Å². The summed E-state index contributed by atoms with van der Waals surface area (Å²) in [5.74, 6) is -1.57. The molecular weight excluding hydrogens is 293 g/mol. The third kappa shape index (κ3) is 3.39. The van der Waals surface area contributed by atoms with Crippen molar-refractivity contribution in [2.75, 3.05) is 13.1 Å². The van der Waals surface area contributed by atoms with Gasteiger partial charge >= 0.3 is 6.18 Å². The van der Waals surface area contributed by atoms with Gasteiger partial charge in [-0.3, -0.25) is 4.79 Å². The fourth-order valence-corrected chi connectivity index (χ4v) is 3.35. The lowest BCUT2D eigenvalue weighted by Crippen LogP contribution is -2.50. The maximum absolute atomic E-state index is 12.9. The van der Waals surface area contributed by atoms with E-state index in [1.54, 1.807) is 0 Å². The van der Waals surface area contributed by atoms with Gasteiger partial charge in [0.15, 0.2) is 0 Å². The van der Waals surface area contributed by atoms with Crippen LogP contribution < -0.4 is 5.32 Å². The number of alkyl halides is 3. The van der Waals surface area contributed by atoms with Gasteiger partial charge in [0, 0.05) is 24.5 Å². The van der Waals surface area contributed by atoms with E-state index in [0.29, 0.717) is 6.42 Å². The molecule has 0 saturated carbocycles. The van der Waals surface area contributed by atoms with Crippen LogP contribution >= 0.6 is 12.4 Å². The van der Waals surface area contributed by atoms with E-state index in [4.69, 9.17) is 0 Å². The summed E-state index contributed by atoms with van der Waals surface area (Å²) in [6, 6.07) is 0.133. The Bertz CT molecular complexity index is 354. The van der Waals surface area contributed by atoms with Crippen LogP contribution in [0.4, 0.5) is 13.2 Å². The fourth-order valence-electron chi connectivity index (χ4n) is 3.35. The molecule has 0 aromatic rings. The minimum Gasteiger partial charge on any atom is -0.337 e. The Morgan fingerprint density at radius 1 is 1.35 bits per heavy atom. The lowest BCUT2D eigenvalue weighted by molar-refractivity contribution is -0.192. The molecule has 0 aromatic carbocycles. The minimum absolute atomic E-state index is 0. The molecule has 0 aliphatic carbocycles. The lowest BCUT2D eigenvalue weighted by Gasteiger charge is -2.37. The first kappa shape index (κ1) is 17.6. The number of hydrogen-bond donors (Lipinski definition) is 1. The van der Waals surface area contributed by atoms with Crippen LogP contribution in [0.15, 0.2) is 0 Å². The number of nitrogens with one attached hydrogen (secondary N) is 1. The van der Waals surface area contributed by atoms with Crippen molar-refractivity contribution in [1.29, 1.82) is 0 Å². The second-order valence-corrected chi connectivity index (χ2v) is 6.08. The molecular formula is C13H22ClF3N2O. The SMILES string of the molecule is CC1(C)C(C(F)(F)F)CCN1C(=O)CC1CCCN1.Cl. The molecule has 2 aliphatic rings. The third-order valence-electron chi connectivity index (χ3n) is 4.47. The summed E-state index contributed by atoms with van der Waals surface area (Å²) >= 11 is 0. The Labute approximate surface area is 123 Å². The van der Waals surface area contributed by atoms with Crippen LogP contribution in [-0.2, 0) is 4.79 Å². The first-order valence-electron chi connectivity index (χ1n) is 6.83. The maximum atomic E-state index is 12.9. The maximum Gasteiger partial charge on any atom is 0.394 e. The van der Waals surface area contributed by atoms with Gasteiger partial charge in [-0.2, -0.15) is 13.2 Å². The lowest BCUT2D eigenvalue weighted by atomic mass is 9.87. The van der Waals surface area contributed by atoms with Crippen molar-refractivity contribution in [2.24, 2.45) is 5.92 Å². The van der Waals surface area contributed by atoms with E-state index in [9.17, 15) is 18.0 Å². The zero-order valence-electron chi connectivity index (χ0n) is 11.8. The van der Waals surface area contributed by atoms with E-state index in [1.165, 1.54) is 18.7 Å². The highest BCUT2D eigenvalue weighted by Gasteiger charge is 2.56. The van der Waals surface area contributed by atoms with Crippen LogP contribution in [-0.4, -0.2) is 41.7 Å². The van der Waals surface area contributed by atoms with Gasteiger partial charge in [-0.05, 0) is 39.7 Å². The molecule has 2 rings (SSSR count). The summed E-state index contributed by atoms with van der Waals surface area (Å²) in [5.41, 5.74) is -1.13. The van der Waals surface area contributed by atoms with Crippen molar-refractivity contribution in [1.82, 2.24) is 10.2 Å². The molecule has 1 N–H and O–H groups in total. The number of likely N-dealkylation sites (tertiary alicyclic amines) is 1. The molecule has 7 heteroatoms. The van der Waals surface area contributed by atoms with Gasteiger partial charge in [-0.15, -0.1) is 12.4 Å².